The monoisotopic (exact) mass is 556 g/mol. The van der Waals surface area contributed by atoms with Crippen LogP contribution < -0.4 is 10.6 Å². The molecule has 3 heteroatoms. The van der Waals surface area contributed by atoms with Crippen LogP contribution in [0.25, 0.3) is 16.6 Å². The average molecular weight is 557 g/mol. The van der Waals surface area contributed by atoms with Gasteiger partial charge in [0.05, 0.1) is 11.2 Å². The van der Waals surface area contributed by atoms with Gasteiger partial charge in [-0.05, 0) is 92.9 Å². The van der Waals surface area contributed by atoms with Crippen LogP contribution in [-0.4, -0.2) is 22.5 Å². The van der Waals surface area contributed by atoms with E-state index in [0.29, 0.717) is 5.66 Å². The molecule has 0 aliphatic heterocycles. The highest BCUT2D eigenvalue weighted by atomic mass is 31.1. The van der Waals surface area contributed by atoms with Crippen LogP contribution in [-0.2, 0) is 0 Å². The molecule has 1 heterocycles. The van der Waals surface area contributed by atoms with E-state index >= 15 is 0 Å². The molecule has 2 unspecified atom stereocenters. The summed E-state index contributed by atoms with van der Waals surface area (Å²) >= 11 is 0. The predicted octanol–water partition coefficient (Wildman–Crippen LogP) is 9.07. The largest absolute Gasteiger partial charge is 0.308 e. The molecule has 4 aromatic carbocycles. The number of hydrogen-bond donors (Lipinski definition) is 0. The molecular formula is C38H41N2P. The van der Waals surface area contributed by atoms with Gasteiger partial charge in [0.1, 0.15) is 0 Å². The van der Waals surface area contributed by atoms with E-state index in [1.54, 1.807) is 0 Å². The third-order valence-corrected chi connectivity index (χ3v) is 11.9. The summed E-state index contributed by atoms with van der Waals surface area (Å²) in [5, 5.41) is 4.28. The molecule has 5 aromatic rings. The highest BCUT2D eigenvalue weighted by Gasteiger charge is 2.36. The molecule has 1 aliphatic rings. The van der Waals surface area contributed by atoms with Crippen LogP contribution in [0.5, 0.6) is 0 Å². The Bertz CT molecular complexity index is 1550. The van der Waals surface area contributed by atoms with Gasteiger partial charge in [-0.3, -0.25) is 4.99 Å². The van der Waals surface area contributed by atoms with Crippen LogP contribution in [0.1, 0.15) is 50.8 Å². The molecule has 208 valence electrons. The third kappa shape index (κ3) is 5.95. The predicted molar refractivity (Wildman–Crippen MR) is 179 cm³/mol. The maximum absolute atomic E-state index is 5.30. The summed E-state index contributed by atoms with van der Waals surface area (Å²) < 4.78 is 2.37. The summed E-state index contributed by atoms with van der Waals surface area (Å²) in [5.74, 6) is 1.56. The molecular weight excluding hydrogens is 515 g/mol. The van der Waals surface area contributed by atoms with Crippen molar-refractivity contribution in [2.24, 2.45) is 16.8 Å². The first-order chi connectivity index (χ1) is 20.1. The summed E-state index contributed by atoms with van der Waals surface area (Å²) in [7, 11) is -0.486. The van der Waals surface area contributed by atoms with E-state index < -0.39 is 7.92 Å². The van der Waals surface area contributed by atoms with Crippen molar-refractivity contribution in [2.75, 3.05) is 0 Å². The van der Waals surface area contributed by atoms with Gasteiger partial charge in [0.2, 0.25) is 0 Å². The first kappa shape index (κ1) is 27.7. The highest BCUT2D eigenvalue weighted by molar-refractivity contribution is 7.73. The van der Waals surface area contributed by atoms with Gasteiger partial charge in [0, 0.05) is 23.3 Å². The summed E-state index contributed by atoms with van der Waals surface area (Å²) in [6.07, 6.45) is 7.29. The van der Waals surface area contributed by atoms with Crippen molar-refractivity contribution in [3.63, 3.8) is 0 Å². The molecule has 0 amide bonds. The number of nitrogens with zero attached hydrogens (tertiary/aromatic N) is 2. The molecule has 0 saturated heterocycles. The molecule has 1 fully saturated rings. The van der Waals surface area contributed by atoms with Crippen molar-refractivity contribution < 1.29 is 0 Å². The first-order valence-corrected chi connectivity index (χ1v) is 16.6. The lowest BCUT2D eigenvalue weighted by Gasteiger charge is -2.34. The fraction of sp³-hybridized carbons (Fsp3) is 0.289. The van der Waals surface area contributed by atoms with Gasteiger partial charge in [-0.15, -0.1) is 0 Å². The highest BCUT2D eigenvalue weighted by Crippen LogP contribution is 2.50. The molecule has 0 spiro atoms. The zero-order valence-electron chi connectivity index (χ0n) is 24.5. The maximum Gasteiger partial charge on any atom is 0.0676 e. The number of benzene rings is 4. The van der Waals surface area contributed by atoms with Crippen molar-refractivity contribution in [2.45, 2.75) is 58.2 Å². The first-order valence-electron chi connectivity index (χ1n) is 15.2. The van der Waals surface area contributed by atoms with E-state index in [1.165, 1.54) is 57.7 Å². The van der Waals surface area contributed by atoms with Crippen molar-refractivity contribution in [1.82, 2.24) is 4.57 Å². The summed E-state index contributed by atoms with van der Waals surface area (Å²) in [6.45, 7) is 7.01. The van der Waals surface area contributed by atoms with Crippen LogP contribution in [0, 0.1) is 18.8 Å². The van der Waals surface area contributed by atoms with Crippen molar-refractivity contribution in [1.29, 1.82) is 0 Å². The quantitative estimate of drug-likeness (QED) is 0.127. The number of fused-ring (bicyclic) bond motifs is 1. The summed E-state index contributed by atoms with van der Waals surface area (Å²) in [6, 6.07) is 42.3. The summed E-state index contributed by atoms with van der Waals surface area (Å²) in [5.41, 5.74) is 5.49. The number of hydrogen-bond acceptors (Lipinski definition) is 1. The fourth-order valence-electron chi connectivity index (χ4n) is 6.86. The van der Waals surface area contributed by atoms with E-state index in [1.807, 2.05) is 0 Å². The van der Waals surface area contributed by atoms with Crippen LogP contribution in [0.15, 0.2) is 120 Å². The van der Waals surface area contributed by atoms with Gasteiger partial charge in [-0.25, -0.2) is 0 Å². The number of rotatable bonds is 9. The molecule has 1 saturated carbocycles. The molecule has 41 heavy (non-hydrogen) atoms. The van der Waals surface area contributed by atoms with Crippen LogP contribution in [0.4, 0.5) is 0 Å². The smallest absolute Gasteiger partial charge is 0.0676 e. The second kappa shape index (κ2) is 12.6. The van der Waals surface area contributed by atoms with Crippen LogP contribution in [0.3, 0.4) is 0 Å². The SMILES string of the molecule is Cc1c(/C=N/[C@@H](C)C[C@@H](C2CCC(C)C2)P(c2ccccc2)c2ccccc2)n(-c2ccccc2)c2ccccc12. The van der Waals surface area contributed by atoms with Gasteiger partial charge in [-0.2, -0.15) is 0 Å². The number of aromatic nitrogens is 1. The van der Waals surface area contributed by atoms with Gasteiger partial charge in [0.25, 0.3) is 0 Å². The topological polar surface area (TPSA) is 17.3 Å². The Morgan fingerprint density at radius 1 is 0.805 bits per heavy atom. The lowest BCUT2D eigenvalue weighted by molar-refractivity contribution is 0.455. The number of para-hydroxylation sites is 2. The molecule has 2 nitrogen and oxygen atoms in total. The minimum atomic E-state index is -0.486. The lowest BCUT2D eigenvalue weighted by Crippen LogP contribution is -2.29. The molecule has 1 aliphatic carbocycles. The Hall–Kier alpha value is -3.48. The molecule has 4 atom stereocenters. The zero-order valence-corrected chi connectivity index (χ0v) is 25.4. The van der Waals surface area contributed by atoms with E-state index in [4.69, 9.17) is 4.99 Å². The second-order valence-corrected chi connectivity index (χ2v) is 14.3. The third-order valence-electron chi connectivity index (χ3n) is 8.90. The molecule has 0 bridgehead atoms. The Balaban J connectivity index is 1.36. The fourth-order valence-corrected chi connectivity index (χ4v) is 10.1. The van der Waals surface area contributed by atoms with E-state index in [-0.39, 0.29) is 6.04 Å². The summed E-state index contributed by atoms with van der Waals surface area (Å²) in [4.78, 5) is 5.30. The van der Waals surface area contributed by atoms with Crippen LogP contribution in [0.2, 0.25) is 0 Å². The van der Waals surface area contributed by atoms with Gasteiger partial charge >= 0.3 is 0 Å². The lowest BCUT2D eigenvalue weighted by atomic mass is 9.97. The molecule has 0 radical (unpaired) electrons. The maximum atomic E-state index is 5.30. The van der Waals surface area contributed by atoms with Crippen LogP contribution >= 0.6 is 7.92 Å². The Morgan fingerprint density at radius 2 is 1.39 bits per heavy atom. The minimum absolute atomic E-state index is 0.231. The molecule has 1 aromatic heterocycles. The molecule has 6 rings (SSSR count). The van der Waals surface area contributed by atoms with Gasteiger partial charge in [0.15, 0.2) is 0 Å². The molecule has 0 N–H and O–H groups in total. The zero-order chi connectivity index (χ0) is 28.2. The van der Waals surface area contributed by atoms with Crippen molar-refractivity contribution in [3.05, 3.63) is 127 Å². The minimum Gasteiger partial charge on any atom is -0.308 e. The van der Waals surface area contributed by atoms with E-state index in [9.17, 15) is 0 Å². The normalized spacial score (nSPS) is 18.8. The Labute approximate surface area is 246 Å². The van der Waals surface area contributed by atoms with E-state index in [0.717, 1.165) is 18.3 Å². The van der Waals surface area contributed by atoms with Gasteiger partial charge < -0.3 is 4.57 Å². The van der Waals surface area contributed by atoms with Crippen molar-refractivity contribution in [3.8, 4) is 5.69 Å². The average Bonchev–Trinajstić information content (AvgIpc) is 3.58. The van der Waals surface area contributed by atoms with E-state index in [2.05, 4.69) is 147 Å². The number of aryl methyl sites for hydroxylation is 1. The second-order valence-electron chi connectivity index (χ2n) is 11.8. The van der Waals surface area contributed by atoms with Gasteiger partial charge in [-0.1, -0.05) is 110 Å². The number of aliphatic imine (C=N–C) groups is 1. The standard InChI is InChI=1S/C38H41N2P/c1-28-23-24-31(25-28)38(41(33-17-9-5-10-18-33)34-19-11-6-12-20-34)26-29(2)39-27-37-30(3)35-21-13-14-22-36(35)40(37)32-15-7-4-8-16-32/h4-22,27-29,31,38H,23-26H2,1-3H3/b39-27+/t28?,29-,31?,38-/m0/s1. The Morgan fingerprint density at radius 3 is 2.00 bits per heavy atom. The Kier molecular flexibility index (Phi) is 8.49. The van der Waals surface area contributed by atoms with Crippen molar-refractivity contribution >= 4 is 35.6 Å².